The number of hydrogen-bond donors (Lipinski definition) is 1. The van der Waals surface area contributed by atoms with Gasteiger partial charge in [0.05, 0.1) is 12.8 Å². The fourth-order valence-electron chi connectivity index (χ4n) is 1.30. The number of aromatic nitrogens is 1. The molecular weight excluding hydrogens is 188 g/mol. The van der Waals surface area contributed by atoms with Crippen LogP contribution in [0.2, 0.25) is 0 Å². The maximum atomic E-state index is 5.73. The monoisotopic (exact) mass is 208 g/mol. The van der Waals surface area contributed by atoms with E-state index < -0.39 is 0 Å². The van der Waals surface area contributed by atoms with Crippen molar-refractivity contribution in [1.29, 1.82) is 0 Å². The minimum absolute atomic E-state index is 0.178. The van der Waals surface area contributed by atoms with Gasteiger partial charge in [0.15, 0.2) is 0 Å². The molecular formula is C12H20N2O. The van der Waals surface area contributed by atoms with Crippen LogP contribution in [0.4, 0.5) is 0 Å². The van der Waals surface area contributed by atoms with Gasteiger partial charge in [0, 0.05) is 12.1 Å². The summed E-state index contributed by atoms with van der Waals surface area (Å²) in [5.74, 6) is 1.16. The molecule has 1 heterocycles. The normalized spacial score (nSPS) is 13.6. The van der Waals surface area contributed by atoms with E-state index in [2.05, 4.69) is 25.8 Å². The molecule has 0 aliphatic rings. The third-order valence-corrected chi connectivity index (χ3v) is 2.59. The molecule has 1 aromatic heterocycles. The molecule has 3 heteroatoms. The van der Waals surface area contributed by atoms with Gasteiger partial charge in [-0.1, -0.05) is 20.8 Å². The second-order valence-electron chi connectivity index (χ2n) is 4.80. The van der Waals surface area contributed by atoms with Crippen LogP contribution in [0.5, 0.6) is 5.75 Å². The van der Waals surface area contributed by atoms with Crippen LogP contribution < -0.4 is 10.5 Å². The van der Waals surface area contributed by atoms with Crippen LogP contribution in [-0.4, -0.2) is 18.1 Å². The first kappa shape index (κ1) is 12.0. The number of nitrogens with zero attached hydrogens (tertiary/aromatic N) is 1. The maximum absolute atomic E-state index is 5.73. The van der Waals surface area contributed by atoms with Gasteiger partial charge >= 0.3 is 0 Å². The highest BCUT2D eigenvalue weighted by molar-refractivity contribution is 5.15. The van der Waals surface area contributed by atoms with Crippen LogP contribution in [0.3, 0.4) is 0 Å². The number of rotatable bonds is 4. The molecule has 0 saturated heterocycles. The lowest BCUT2D eigenvalue weighted by Gasteiger charge is -2.29. The molecule has 1 atom stereocenters. The minimum Gasteiger partial charge on any atom is -0.492 e. The molecule has 0 spiro atoms. The van der Waals surface area contributed by atoms with Crippen molar-refractivity contribution in [2.75, 3.05) is 13.2 Å². The zero-order valence-corrected chi connectivity index (χ0v) is 9.73. The summed E-state index contributed by atoms with van der Waals surface area (Å²) in [6.07, 6.45) is 3.45. The molecule has 3 nitrogen and oxygen atoms in total. The molecule has 84 valence electrons. The topological polar surface area (TPSA) is 48.1 Å². The van der Waals surface area contributed by atoms with Crippen LogP contribution in [0.15, 0.2) is 24.5 Å². The Morgan fingerprint density at radius 3 is 2.67 bits per heavy atom. The molecule has 0 aliphatic carbocycles. The Labute approximate surface area is 91.7 Å². The Morgan fingerprint density at radius 1 is 1.47 bits per heavy atom. The number of hydrogen-bond acceptors (Lipinski definition) is 3. The Kier molecular flexibility index (Phi) is 4.09. The Morgan fingerprint density at radius 2 is 2.20 bits per heavy atom. The summed E-state index contributed by atoms with van der Waals surface area (Å²) in [6.45, 7) is 7.82. The van der Waals surface area contributed by atoms with E-state index in [1.54, 1.807) is 12.4 Å². The van der Waals surface area contributed by atoms with Crippen molar-refractivity contribution in [3.63, 3.8) is 0 Å². The van der Waals surface area contributed by atoms with Crippen molar-refractivity contribution in [1.82, 2.24) is 4.98 Å². The Balaban J connectivity index is 2.49. The summed E-state index contributed by atoms with van der Waals surface area (Å²) in [4.78, 5) is 3.99. The Hall–Kier alpha value is -1.09. The second kappa shape index (κ2) is 5.12. The van der Waals surface area contributed by atoms with E-state index in [1.807, 2.05) is 12.1 Å². The van der Waals surface area contributed by atoms with E-state index in [1.165, 1.54) is 0 Å². The van der Waals surface area contributed by atoms with Crippen molar-refractivity contribution >= 4 is 0 Å². The average molecular weight is 208 g/mol. The molecule has 0 fully saturated rings. The fourth-order valence-corrected chi connectivity index (χ4v) is 1.30. The molecule has 0 aromatic carbocycles. The van der Waals surface area contributed by atoms with Gasteiger partial charge in [-0.05, 0) is 24.1 Å². The fraction of sp³-hybridized carbons (Fsp3) is 0.583. The van der Waals surface area contributed by atoms with Crippen LogP contribution in [0.1, 0.15) is 20.8 Å². The molecule has 0 amide bonds. The zero-order valence-electron chi connectivity index (χ0n) is 9.73. The highest BCUT2D eigenvalue weighted by atomic mass is 16.5. The van der Waals surface area contributed by atoms with Crippen molar-refractivity contribution in [2.45, 2.75) is 20.8 Å². The molecule has 1 unspecified atom stereocenters. The standard InChI is InChI=1S/C12H20N2O/c1-12(2,3)10(7-13)9-15-11-5-4-6-14-8-11/h4-6,8,10H,7,9,13H2,1-3H3. The summed E-state index contributed by atoms with van der Waals surface area (Å²) in [6, 6.07) is 3.77. The van der Waals surface area contributed by atoms with Gasteiger partial charge in [-0.2, -0.15) is 0 Å². The van der Waals surface area contributed by atoms with Crippen LogP contribution >= 0.6 is 0 Å². The SMILES string of the molecule is CC(C)(C)C(CN)COc1cccnc1. The van der Waals surface area contributed by atoms with Gasteiger partial charge in [-0.15, -0.1) is 0 Å². The summed E-state index contributed by atoms with van der Waals surface area (Å²) < 4.78 is 5.64. The van der Waals surface area contributed by atoms with E-state index in [4.69, 9.17) is 10.5 Å². The number of pyridine rings is 1. The van der Waals surface area contributed by atoms with Gasteiger partial charge in [-0.25, -0.2) is 0 Å². The van der Waals surface area contributed by atoms with Crippen molar-refractivity contribution < 1.29 is 4.74 Å². The first-order valence-corrected chi connectivity index (χ1v) is 5.27. The van der Waals surface area contributed by atoms with Gasteiger partial charge < -0.3 is 10.5 Å². The van der Waals surface area contributed by atoms with E-state index in [9.17, 15) is 0 Å². The predicted molar refractivity (Wildman–Crippen MR) is 61.7 cm³/mol. The summed E-state index contributed by atoms with van der Waals surface area (Å²) in [5, 5.41) is 0. The lowest BCUT2D eigenvalue weighted by molar-refractivity contribution is 0.152. The van der Waals surface area contributed by atoms with Crippen LogP contribution in [-0.2, 0) is 0 Å². The molecule has 0 aliphatic heterocycles. The van der Waals surface area contributed by atoms with Gasteiger partial charge in [0.1, 0.15) is 5.75 Å². The molecule has 15 heavy (non-hydrogen) atoms. The molecule has 1 rings (SSSR count). The highest BCUT2D eigenvalue weighted by Gasteiger charge is 2.23. The van der Waals surface area contributed by atoms with Crippen LogP contribution in [0, 0.1) is 11.3 Å². The maximum Gasteiger partial charge on any atom is 0.137 e. The second-order valence-corrected chi connectivity index (χ2v) is 4.80. The lowest BCUT2D eigenvalue weighted by Crippen LogP contribution is -2.33. The van der Waals surface area contributed by atoms with Gasteiger partial charge in [0.2, 0.25) is 0 Å². The largest absolute Gasteiger partial charge is 0.492 e. The predicted octanol–water partition coefficient (Wildman–Crippen LogP) is 2.08. The highest BCUT2D eigenvalue weighted by Crippen LogP contribution is 2.25. The quantitative estimate of drug-likeness (QED) is 0.824. The van der Waals surface area contributed by atoms with Crippen molar-refractivity contribution in [2.24, 2.45) is 17.1 Å². The van der Waals surface area contributed by atoms with Gasteiger partial charge in [0.25, 0.3) is 0 Å². The van der Waals surface area contributed by atoms with E-state index >= 15 is 0 Å². The molecule has 0 saturated carbocycles. The summed E-state index contributed by atoms with van der Waals surface area (Å²) in [5.41, 5.74) is 5.90. The molecule has 0 radical (unpaired) electrons. The van der Waals surface area contributed by atoms with Crippen molar-refractivity contribution in [3.8, 4) is 5.75 Å². The number of nitrogens with two attached hydrogens (primary N) is 1. The van der Waals surface area contributed by atoms with Crippen molar-refractivity contribution in [3.05, 3.63) is 24.5 Å². The van der Waals surface area contributed by atoms with Crippen LogP contribution in [0.25, 0.3) is 0 Å². The van der Waals surface area contributed by atoms with Gasteiger partial charge in [-0.3, -0.25) is 4.98 Å². The van der Waals surface area contributed by atoms with E-state index in [0.717, 1.165) is 5.75 Å². The smallest absolute Gasteiger partial charge is 0.137 e. The first-order chi connectivity index (χ1) is 7.04. The third-order valence-electron chi connectivity index (χ3n) is 2.59. The molecule has 1 aromatic rings. The van der Waals surface area contributed by atoms with E-state index in [0.29, 0.717) is 19.1 Å². The summed E-state index contributed by atoms with van der Waals surface area (Å²) in [7, 11) is 0. The third kappa shape index (κ3) is 3.88. The Bertz CT molecular complexity index is 279. The zero-order chi connectivity index (χ0) is 11.3. The minimum atomic E-state index is 0.178. The lowest BCUT2D eigenvalue weighted by atomic mass is 9.81. The average Bonchev–Trinajstić information content (AvgIpc) is 2.18. The molecule has 0 bridgehead atoms. The first-order valence-electron chi connectivity index (χ1n) is 5.27. The summed E-state index contributed by atoms with van der Waals surface area (Å²) >= 11 is 0. The number of ether oxygens (including phenoxy) is 1. The van der Waals surface area contributed by atoms with E-state index in [-0.39, 0.29) is 5.41 Å². The molecule has 2 N–H and O–H groups in total.